The fourth-order valence-corrected chi connectivity index (χ4v) is 2.99. The predicted molar refractivity (Wildman–Crippen MR) is 84.5 cm³/mol. The Morgan fingerprint density at radius 1 is 1.05 bits per heavy atom. The highest BCUT2D eigenvalue weighted by Crippen LogP contribution is 2.31. The number of piperazine rings is 1. The standard InChI is InChI=1S/C17H22N2O2/c20-16-6-5-15(13-3-1-2-4-14(13)16)17(21)7-10-19-11-8-18-9-12-19/h1-6,17-18,20-21H,7-12H2. The molecule has 2 aromatic rings. The number of hydrogen-bond acceptors (Lipinski definition) is 4. The van der Waals surface area contributed by atoms with E-state index >= 15 is 0 Å². The van der Waals surface area contributed by atoms with E-state index < -0.39 is 6.10 Å². The quantitative estimate of drug-likeness (QED) is 0.803. The Hall–Kier alpha value is -1.62. The highest BCUT2D eigenvalue weighted by molar-refractivity contribution is 5.91. The molecule has 0 spiro atoms. The van der Waals surface area contributed by atoms with Gasteiger partial charge in [-0.05, 0) is 23.4 Å². The maximum absolute atomic E-state index is 10.5. The molecule has 1 saturated heterocycles. The molecule has 0 amide bonds. The Morgan fingerprint density at radius 2 is 1.76 bits per heavy atom. The maximum Gasteiger partial charge on any atom is 0.123 e. The van der Waals surface area contributed by atoms with Crippen LogP contribution in [0.5, 0.6) is 5.75 Å². The summed E-state index contributed by atoms with van der Waals surface area (Å²) in [5.41, 5.74) is 0.901. The third-order valence-electron chi connectivity index (χ3n) is 4.22. The van der Waals surface area contributed by atoms with Gasteiger partial charge in [0.15, 0.2) is 0 Å². The first-order valence-corrected chi connectivity index (χ1v) is 7.57. The molecule has 2 aromatic carbocycles. The van der Waals surface area contributed by atoms with E-state index in [1.54, 1.807) is 6.07 Å². The number of aliphatic hydroxyl groups is 1. The first-order chi connectivity index (χ1) is 10.3. The normalized spacial score (nSPS) is 18.0. The smallest absolute Gasteiger partial charge is 0.123 e. The van der Waals surface area contributed by atoms with Crippen LogP contribution in [0.25, 0.3) is 10.8 Å². The van der Waals surface area contributed by atoms with Gasteiger partial charge in [-0.15, -0.1) is 0 Å². The highest BCUT2D eigenvalue weighted by atomic mass is 16.3. The van der Waals surface area contributed by atoms with Crippen LogP contribution in [0.2, 0.25) is 0 Å². The van der Waals surface area contributed by atoms with Crippen molar-refractivity contribution in [3.05, 3.63) is 42.0 Å². The van der Waals surface area contributed by atoms with Crippen molar-refractivity contribution < 1.29 is 10.2 Å². The fraction of sp³-hybridized carbons (Fsp3) is 0.412. The largest absolute Gasteiger partial charge is 0.507 e. The number of fused-ring (bicyclic) bond motifs is 1. The zero-order valence-electron chi connectivity index (χ0n) is 12.1. The highest BCUT2D eigenvalue weighted by Gasteiger charge is 2.15. The Labute approximate surface area is 125 Å². The van der Waals surface area contributed by atoms with Gasteiger partial charge in [-0.2, -0.15) is 0 Å². The minimum atomic E-state index is -0.495. The van der Waals surface area contributed by atoms with Gasteiger partial charge in [0, 0.05) is 38.1 Å². The second-order valence-electron chi connectivity index (χ2n) is 5.62. The molecule has 1 heterocycles. The van der Waals surface area contributed by atoms with E-state index in [0.717, 1.165) is 55.5 Å². The molecule has 4 nitrogen and oxygen atoms in total. The van der Waals surface area contributed by atoms with Crippen LogP contribution in [-0.4, -0.2) is 47.8 Å². The van der Waals surface area contributed by atoms with E-state index in [9.17, 15) is 10.2 Å². The summed E-state index contributed by atoms with van der Waals surface area (Å²) in [6.45, 7) is 5.04. The number of aliphatic hydroxyl groups excluding tert-OH is 1. The van der Waals surface area contributed by atoms with E-state index in [1.165, 1.54) is 0 Å². The molecule has 4 heteroatoms. The van der Waals surface area contributed by atoms with Crippen LogP contribution in [0.3, 0.4) is 0 Å². The summed E-state index contributed by atoms with van der Waals surface area (Å²) in [5, 5.41) is 25.5. The van der Waals surface area contributed by atoms with Crippen LogP contribution in [0.1, 0.15) is 18.1 Å². The number of nitrogens with zero attached hydrogens (tertiary/aromatic N) is 1. The van der Waals surface area contributed by atoms with Crippen molar-refractivity contribution in [1.29, 1.82) is 0 Å². The molecule has 21 heavy (non-hydrogen) atoms. The van der Waals surface area contributed by atoms with Gasteiger partial charge in [0.1, 0.15) is 5.75 Å². The van der Waals surface area contributed by atoms with Gasteiger partial charge in [-0.3, -0.25) is 0 Å². The van der Waals surface area contributed by atoms with Crippen LogP contribution < -0.4 is 5.32 Å². The second kappa shape index (κ2) is 6.43. The van der Waals surface area contributed by atoms with Crippen molar-refractivity contribution in [2.24, 2.45) is 0 Å². The van der Waals surface area contributed by atoms with Gasteiger partial charge in [-0.25, -0.2) is 0 Å². The van der Waals surface area contributed by atoms with Crippen LogP contribution in [0.4, 0.5) is 0 Å². The number of rotatable bonds is 4. The van der Waals surface area contributed by atoms with Crippen molar-refractivity contribution in [3.63, 3.8) is 0 Å². The lowest BCUT2D eigenvalue weighted by Crippen LogP contribution is -2.44. The average molecular weight is 286 g/mol. The maximum atomic E-state index is 10.5. The van der Waals surface area contributed by atoms with Crippen LogP contribution in [0, 0.1) is 0 Å². The minimum Gasteiger partial charge on any atom is -0.507 e. The van der Waals surface area contributed by atoms with Crippen LogP contribution >= 0.6 is 0 Å². The molecule has 1 fully saturated rings. The number of nitrogens with one attached hydrogen (secondary N) is 1. The van der Waals surface area contributed by atoms with E-state index in [-0.39, 0.29) is 5.75 Å². The zero-order chi connectivity index (χ0) is 14.7. The molecular weight excluding hydrogens is 264 g/mol. The van der Waals surface area contributed by atoms with Crippen LogP contribution in [-0.2, 0) is 0 Å². The molecule has 1 aliphatic heterocycles. The Bertz CT molecular complexity index is 609. The number of phenols is 1. The molecule has 0 aromatic heterocycles. The summed E-state index contributed by atoms with van der Waals surface area (Å²) < 4.78 is 0. The van der Waals surface area contributed by atoms with Crippen LogP contribution in [0.15, 0.2) is 36.4 Å². The molecule has 0 radical (unpaired) electrons. The van der Waals surface area contributed by atoms with Gasteiger partial charge in [0.25, 0.3) is 0 Å². The number of phenolic OH excluding ortho intramolecular Hbond substituents is 1. The average Bonchev–Trinajstić information content (AvgIpc) is 2.54. The lowest BCUT2D eigenvalue weighted by molar-refractivity contribution is 0.138. The molecular formula is C17H22N2O2. The van der Waals surface area contributed by atoms with Crippen molar-refractivity contribution in [1.82, 2.24) is 10.2 Å². The van der Waals surface area contributed by atoms with Crippen molar-refractivity contribution in [2.75, 3.05) is 32.7 Å². The Balaban J connectivity index is 1.75. The Kier molecular flexibility index (Phi) is 4.39. The first kappa shape index (κ1) is 14.3. The molecule has 112 valence electrons. The first-order valence-electron chi connectivity index (χ1n) is 7.57. The van der Waals surface area contributed by atoms with E-state index in [4.69, 9.17) is 0 Å². The third kappa shape index (κ3) is 3.18. The van der Waals surface area contributed by atoms with Gasteiger partial charge in [-0.1, -0.05) is 30.3 Å². The molecule has 0 bridgehead atoms. The summed E-state index contributed by atoms with van der Waals surface area (Å²) in [6.07, 6.45) is 0.222. The summed E-state index contributed by atoms with van der Waals surface area (Å²) in [5.74, 6) is 0.267. The monoisotopic (exact) mass is 286 g/mol. The molecule has 0 saturated carbocycles. The molecule has 1 atom stereocenters. The lowest BCUT2D eigenvalue weighted by atomic mass is 9.98. The Morgan fingerprint density at radius 3 is 2.52 bits per heavy atom. The van der Waals surface area contributed by atoms with Gasteiger partial charge < -0.3 is 20.4 Å². The second-order valence-corrected chi connectivity index (χ2v) is 5.62. The fourth-order valence-electron chi connectivity index (χ4n) is 2.99. The number of hydrogen-bond donors (Lipinski definition) is 3. The third-order valence-corrected chi connectivity index (χ3v) is 4.22. The summed E-state index contributed by atoms with van der Waals surface area (Å²) in [7, 11) is 0. The van der Waals surface area contributed by atoms with E-state index in [2.05, 4.69) is 10.2 Å². The molecule has 0 aliphatic carbocycles. The van der Waals surface area contributed by atoms with Gasteiger partial charge in [0.05, 0.1) is 6.10 Å². The number of benzene rings is 2. The van der Waals surface area contributed by atoms with Crippen molar-refractivity contribution in [3.8, 4) is 5.75 Å². The van der Waals surface area contributed by atoms with E-state index in [1.807, 2.05) is 30.3 Å². The SMILES string of the molecule is Oc1ccc(C(O)CCN2CCNCC2)c2ccccc12. The van der Waals surface area contributed by atoms with Crippen molar-refractivity contribution >= 4 is 10.8 Å². The summed E-state index contributed by atoms with van der Waals surface area (Å²) in [6, 6.07) is 11.2. The van der Waals surface area contributed by atoms with Gasteiger partial charge >= 0.3 is 0 Å². The molecule has 3 N–H and O–H groups in total. The molecule has 3 rings (SSSR count). The van der Waals surface area contributed by atoms with E-state index in [0.29, 0.717) is 0 Å². The topological polar surface area (TPSA) is 55.7 Å². The lowest BCUT2D eigenvalue weighted by Gasteiger charge is -2.28. The molecule has 1 unspecified atom stereocenters. The number of aromatic hydroxyl groups is 1. The minimum absolute atomic E-state index is 0.267. The van der Waals surface area contributed by atoms with Gasteiger partial charge in [0.2, 0.25) is 0 Å². The van der Waals surface area contributed by atoms with Crippen molar-refractivity contribution in [2.45, 2.75) is 12.5 Å². The molecule has 1 aliphatic rings. The summed E-state index contributed by atoms with van der Waals surface area (Å²) >= 11 is 0. The predicted octanol–water partition coefficient (Wildman–Crippen LogP) is 1.87. The zero-order valence-corrected chi connectivity index (χ0v) is 12.1. The summed E-state index contributed by atoms with van der Waals surface area (Å²) in [4.78, 5) is 2.38.